The Labute approximate surface area is 208 Å². The van der Waals surface area contributed by atoms with Gasteiger partial charge < -0.3 is 9.47 Å². The molecule has 0 bridgehead atoms. The van der Waals surface area contributed by atoms with E-state index in [2.05, 4.69) is 28.1 Å². The van der Waals surface area contributed by atoms with E-state index in [-0.39, 0.29) is 24.5 Å². The molecular formula is C29H27F2N3O2. The second-order valence-electron chi connectivity index (χ2n) is 9.55. The summed E-state index contributed by atoms with van der Waals surface area (Å²) in [4.78, 5) is 2.20. The molecule has 1 saturated heterocycles. The number of aromatic amines is 1. The molecule has 3 heterocycles. The van der Waals surface area contributed by atoms with E-state index in [0.29, 0.717) is 6.61 Å². The zero-order valence-electron chi connectivity index (χ0n) is 20.0. The van der Waals surface area contributed by atoms with E-state index in [1.54, 1.807) is 18.3 Å². The summed E-state index contributed by atoms with van der Waals surface area (Å²) >= 11 is 0. The van der Waals surface area contributed by atoms with Crippen LogP contribution in [0.5, 0.6) is 11.5 Å². The average molecular weight is 488 g/mol. The number of allylic oxidation sites excluding steroid dienone is 1. The largest absolute Gasteiger partial charge is 0.492 e. The first-order valence-corrected chi connectivity index (χ1v) is 12.2. The number of alkyl halides is 1. The van der Waals surface area contributed by atoms with Crippen LogP contribution in [0.1, 0.15) is 29.7 Å². The number of aromatic nitrogens is 2. The van der Waals surface area contributed by atoms with E-state index in [4.69, 9.17) is 9.47 Å². The van der Waals surface area contributed by atoms with Crippen molar-refractivity contribution >= 4 is 22.0 Å². The molecule has 4 aromatic rings. The number of benzene rings is 3. The summed E-state index contributed by atoms with van der Waals surface area (Å²) in [5.41, 5.74) is 5.89. The van der Waals surface area contributed by atoms with Gasteiger partial charge in [0.15, 0.2) is 0 Å². The molecule has 0 unspecified atom stereocenters. The first kappa shape index (κ1) is 22.7. The van der Waals surface area contributed by atoms with Gasteiger partial charge in [0.1, 0.15) is 30.0 Å². The average Bonchev–Trinajstić information content (AvgIpc) is 3.33. The normalized spacial score (nSPS) is 18.1. The van der Waals surface area contributed by atoms with Crippen molar-refractivity contribution in [2.45, 2.75) is 13.0 Å². The van der Waals surface area contributed by atoms with Crippen LogP contribution in [-0.4, -0.2) is 48.0 Å². The number of fused-ring (bicyclic) bond motifs is 2. The Balaban J connectivity index is 1.28. The highest BCUT2D eigenvalue weighted by atomic mass is 19.1. The Morgan fingerprint density at radius 1 is 1.08 bits per heavy atom. The maximum absolute atomic E-state index is 13.7. The van der Waals surface area contributed by atoms with E-state index in [9.17, 15) is 8.78 Å². The van der Waals surface area contributed by atoms with E-state index < -0.39 is 0 Å². The molecule has 0 amide bonds. The lowest BCUT2D eigenvalue weighted by Crippen LogP contribution is -2.49. The number of hydrogen-bond donors (Lipinski definition) is 1. The molecule has 1 N–H and O–H groups in total. The van der Waals surface area contributed by atoms with Gasteiger partial charge in [-0.15, -0.1) is 0 Å². The van der Waals surface area contributed by atoms with E-state index in [1.165, 1.54) is 12.1 Å². The molecule has 1 aromatic heterocycles. The van der Waals surface area contributed by atoms with Crippen molar-refractivity contribution in [1.29, 1.82) is 0 Å². The zero-order chi connectivity index (χ0) is 24.6. The van der Waals surface area contributed by atoms with Crippen molar-refractivity contribution in [3.8, 4) is 11.5 Å². The molecule has 1 fully saturated rings. The first-order chi connectivity index (χ1) is 17.6. The SMILES string of the molecule is CC1=C(c2ccc(F)cc2)[C@H](c2ccc(OCCN3CC(CF)C3)cc2)Oc2cc3cn[nH]c3cc21. The summed E-state index contributed by atoms with van der Waals surface area (Å²) in [7, 11) is 0. The predicted octanol–water partition coefficient (Wildman–Crippen LogP) is 6.05. The molecule has 0 spiro atoms. The Bertz CT molecular complexity index is 1410. The zero-order valence-corrected chi connectivity index (χ0v) is 20.0. The molecule has 5 nitrogen and oxygen atoms in total. The van der Waals surface area contributed by atoms with Crippen LogP contribution in [0.2, 0.25) is 0 Å². The molecule has 36 heavy (non-hydrogen) atoms. The summed E-state index contributed by atoms with van der Waals surface area (Å²) in [5.74, 6) is 1.48. The molecule has 0 saturated carbocycles. The maximum Gasteiger partial charge on any atom is 0.150 e. The van der Waals surface area contributed by atoms with Gasteiger partial charge in [-0.05, 0) is 60.0 Å². The summed E-state index contributed by atoms with van der Waals surface area (Å²) < 4.78 is 38.8. The fraction of sp³-hybridized carbons (Fsp3) is 0.276. The van der Waals surface area contributed by atoms with Crippen molar-refractivity contribution in [3.63, 3.8) is 0 Å². The fourth-order valence-corrected chi connectivity index (χ4v) is 5.11. The van der Waals surface area contributed by atoms with Crippen molar-refractivity contribution in [2.75, 3.05) is 32.9 Å². The number of nitrogens with one attached hydrogen (secondary N) is 1. The number of halogens is 2. The molecule has 6 rings (SSSR count). The van der Waals surface area contributed by atoms with Gasteiger partial charge >= 0.3 is 0 Å². The van der Waals surface area contributed by atoms with Crippen LogP contribution in [0.3, 0.4) is 0 Å². The minimum Gasteiger partial charge on any atom is -0.492 e. The van der Waals surface area contributed by atoms with Gasteiger partial charge in [-0.25, -0.2) is 4.39 Å². The van der Waals surface area contributed by atoms with Gasteiger partial charge in [-0.3, -0.25) is 14.4 Å². The second-order valence-corrected chi connectivity index (χ2v) is 9.55. The summed E-state index contributed by atoms with van der Waals surface area (Å²) in [5, 5.41) is 8.16. The molecule has 184 valence electrons. The first-order valence-electron chi connectivity index (χ1n) is 12.2. The number of ether oxygens (including phenoxy) is 2. The van der Waals surface area contributed by atoms with Crippen LogP contribution in [0.15, 0.2) is 66.9 Å². The van der Waals surface area contributed by atoms with E-state index in [0.717, 1.165) is 69.9 Å². The van der Waals surface area contributed by atoms with Crippen LogP contribution < -0.4 is 9.47 Å². The van der Waals surface area contributed by atoms with Crippen LogP contribution in [-0.2, 0) is 0 Å². The molecule has 0 radical (unpaired) electrons. The minimum absolute atomic E-state index is 0.182. The van der Waals surface area contributed by atoms with Crippen LogP contribution >= 0.6 is 0 Å². The Kier molecular flexibility index (Phi) is 5.93. The molecular weight excluding hydrogens is 460 g/mol. The van der Waals surface area contributed by atoms with Gasteiger partial charge in [0.25, 0.3) is 0 Å². The van der Waals surface area contributed by atoms with Crippen LogP contribution in [0, 0.1) is 11.7 Å². The lowest BCUT2D eigenvalue weighted by molar-refractivity contribution is 0.0668. The molecule has 2 aliphatic rings. The Morgan fingerprint density at radius 2 is 1.86 bits per heavy atom. The van der Waals surface area contributed by atoms with E-state index in [1.807, 2.05) is 30.3 Å². The number of rotatable bonds is 7. The smallest absolute Gasteiger partial charge is 0.150 e. The summed E-state index contributed by atoms with van der Waals surface area (Å²) in [6.07, 6.45) is 1.42. The lowest BCUT2D eigenvalue weighted by Gasteiger charge is -2.37. The van der Waals surface area contributed by atoms with Crippen LogP contribution in [0.4, 0.5) is 8.78 Å². The van der Waals surface area contributed by atoms with Crippen molar-refractivity contribution in [2.24, 2.45) is 5.92 Å². The van der Waals surface area contributed by atoms with Crippen LogP contribution in [0.25, 0.3) is 22.0 Å². The highest BCUT2D eigenvalue weighted by Crippen LogP contribution is 2.47. The summed E-state index contributed by atoms with van der Waals surface area (Å²) in [6, 6.07) is 18.5. The summed E-state index contributed by atoms with van der Waals surface area (Å²) in [6.45, 7) is 4.81. The van der Waals surface area contributed by atoms with Crippen molar-refractivity contribution in [1.82, 2.24) is 15.1 Å². The monoisotopic (exact) mass is 487 g/mol. The predicted molar refractivity (Wildman–Crippen MR) is 136 cm³/mol. The number of likely N-dealkylation sites (tertiary alicyclic amines) is 1. The van der Waals surface area contributed by atoms with Gasteiger partial charge in [0.05, 0.1) is 18.4 Å². The molecule has 3 aromatic carbocycles. The molecule has 2 aliphatic heterocycles. The number of H-pyrrole nitrogens is 1. The quantitative estimate of drug-likeness (QED) is 0.345. The van der Waals surface area contributed by atoms with Crippen molar-refractivity contribution < 1.29 is 18.3 Å². The number of nitrogens with zero attached hydrogens (tertiary/aromatic N) is 2. The topological polar surface area (TPSA) is 50.4 Å². The number of hydrogen-bond acceptors (Lipinski definition) is 4. The molecule has 1 atom stereocenters. The lowest BCUT2D eigenvalue weighted by atomic mass is 9.86. The molecule has 7 heteroatoms. The third-order valence-electron chi connectivity index (χ3n) is 7.12. The van der Waals surface area contributed by atoms with Gasteiger partial charge in [0.2, 0.25) is 0 Å². The standard InChI is InChI=1S/C29H27F2N3O2/c1-18-25-13-26-22(15-32-33-26)12-27(25)36-29(28(18)20-2-6-23(31)7-3-20)21-4-8-24(9-5-21)35-11-10-34-16-19(14-30)17-34/h2-9,12-13,15,19,29H,10-11,14,16-17H2,1H3,(H,32,33)/t29-/m0/s1. The third kappa shape index (κ3) is 4.24. The molecule has 0 aliphatic carbocycles. The highest BCUT2D eigenvalue weighted by Gasteiger charge is 2.30. The second kappa shape index (κ2) is 9.39. The van der Waals surface area contributed by atoms with Gasteiger partial charge in [-0.1, -0.05) is 24.3 Å². The Hall–Kier alpha value is -3.71. The minimum atomic E-state index is -0.361. The Morgan fingerprint density at radius 3 is 2.61 bits per heavy atom. The van der Waals surface area contributed by atoms with Crippen molar-refractivity contribution in [3.05, 3.63) is 89.4 Å². The third-order valence-corrected chi connectivity index (χ3v) is 7.12. The highest BCUT2D eigenvalue weighted by molar-refractivity contribution is 5.98. The van der Waals surface area contributed by atoms with E-state index >= 15 is 0 Å². The fourth-order valence-electron chi connectivity index (χ4n) is 5.11. The van der Waals surface area contributed by atoms with Gasteiger partial charge in [0, 0.05) is 42.1 Å². The van der Waals surface area contributed by atoms with Gasteiger partial charge in [-0.2, -0.15) is 5.10 Å². The maximum atomic E-state index is 13.7.